The summed E-state index contributed by atoms with van der Waals surface area (Å²) in [6.45, 7) is 8.51. The molecule has 28 heavy (non-hydrogen) atoms. The number of sulfonamides is 1. The Morgan fingerprint density at radius 3 is 2.39 bits per heavy atom. The molecule has 0 aliphatic carbocycles. The number of carboxylic acids is 1. The second-order valence-electron chi connectivity index (χ2n) is 6.54. The van der Waals surface area contributed by atoms with Gasteiger partial charge in [0.15, 0.2) is 0 Å². The van der Waals surface area contributed by atoms with Crippen LogP contribution in [0.25, 0.3) is 5.78 Å². The number of carboxylic acid groups (broad SMARTS) is 1. The van der Waals surface area contributed by atoms with Gasteiger partial charge in [0.1, 0.15) is 0 Å². The molecular weight excluding hydrogens is 382 g/mol. The Kier molecular flexibility index (Phi) is 4.84. The van der Waals surface area contributed by atoms with Crippen molar-refractivity contribution in [2.45, 2.75) is 39.8 Å². The van der Waals surface area contributed by atoms with Gasteiger partial charge in [-0.25, -0.2) is 14.3 Å². The summed E-state index contributed by atoms with van der Waals surface area (Å²) < 4.78 is 29.1. The zero-order valence-electron chi connectivity index (χ0n) is 16.3. The lowest BCUT2D eigenvalue weighted by molar-refractivity contribution is 0.0697. The molecule has 0 radical (unpaired) electrons. The predicted molar refractivity (Wildman–Crippen MR) is 103 cm³/mol. The number of aromatic nitrogens is 4. The summed E-state index contributed by atoms with van der Waals surface area (Å²) in [6, 6.07) is 5.12. The summed E-state index contributed by atoms with van der Waals surface area (Å²) in [7, 11) is -4.20. The molecule has 2 heterocycles. The van der Waals surface area contributed by atoms with E-state index in [1.165, 1.54) is 4.52 Å². The molecule has 3 rings (SSSR count). The monoisotopic (exact) mass is 403 g/mol. The quantitative estimate of drug-likeness (QED) is 0.694. The van der Waals surface area contributed by atoms with Crippen molar-refractivity contribution in [3.63, 3.8) is 0 Å². The van der Waals surface area contributed by atoms with Crippen LogP contribution in [-0.2, 0) is 10.0 Å². The maximum atomic E-state index is 13.3. The van der Waals surface area contributed by atoms with Crippen molar-refractivity contribution < 1.29 is 18.3 Å². The van der Waals surface area contributed by atoms with Gasteiger partial charge in [-0.1, -0.05) is 12.1 Å². The summed E-state index contributed by atoms with van der Waals surface area (Å²) >= 11 is 0. The first kappa shape index (κ1) is 19.7. The number of carbonyl (C=O) groups is 1. The third-order valence-corrected chi connectivity index (χ3v) is 6.11. The molecular formula is C18H21N5O4S. The van der Waals surface area contributed by atoms with Crippen molar-refractivity contribution in [3.8, 4) is 0 Å². The van der Waals surface area contributed by atoms with Gasteiger partial charge in [0.2, 0.25) is 0 Å². The van der Waals surface area contributed by atoms with E-state index in [0.29, 0.717) is 22.5 Å². The number of benzene rings is 1. The molecule has 0 unspecified atom stereocenters. The second kappa shape index (κ2) is 6.86. The van der Waals surface area contributed by atoms with E-state index in [1.54, 1.807) is 52.8 Å². The van der Waals surface area contributed by atoms with E-state index in [2.05, 4.69) is 15.1 Å². The molecule has 1 aromatic carbocycles. The average molecular weight is 403 g/mol. The van der Waals surface area contributed by atoms with Crippen LogP contribution in [0.2, 0.25) is 0 Å². The van der Waals surface area contributed by atoms with Gasteiger partial charge >= 0.3 is 16.0 Å². The second-order valence-corrected chi connectivity index (χ2v) is 8.30. The number of fused-ring (bicyclic) bond motifs is 1. The molecule has 148 valence electrons. The fourth-order valence-electron chi connectivity index (χ4n) is 3.19. The molecule has 0 atom stereocenters. The van der Waals surface area contributed by atoms with Gasteiger partial charge in [-0.2, -0.15) is 13.4 Å². The van der Waals surface area contributed by atoms with Crippen molar-refractivity contribution in [1.29, 1.82) is 0 Å². The number of hydrogen-bond donors (Lipinski definition) is 1. The molecule has 0 spiro atoms. The fraction of sp³-hybridized carbons (Fsp3) is 0.333. The van der Waals surface area contributed by atoms with Crippen LogP contribution < -0.4 is 4.31 Å². The molecule has 0 saturated heterocycles. The first-order chi connectivity index (χ1) is 13.1. The van der Waals surface area contributed by atoms with Gasteiger partial charge in [-0.3, -0.25) is 4.31 Å². The average Bonchev–Trinajstić information content (AvgIpc) is 3.03. The number of rotatable bonds is 5. The van der Waals surface area contributed by atoms with E-state index in [0.717, 1.165) is 4.31 Å². The summed E-state index contributed by atoms with van der Waals surface area (Å²) in [5.41, 5.74) is 2.45. The molecule has 0 aliphatic heterocycles. The molecule has 0 bridgehead atoms. The van der Waals surface area contributed by atoms with Gasteiger partial charge in [0.05, 0.1) is 11.3 Å². The molecule has 10 heteroatoms. The Morgan fingerprint density at radius 1 is 1.14 bits per heavy atom. The zero-order valence-corrected chi connectivity index (χ0v) is 17.1. The summed E-state index contributed by atoms with van der Waals surface area (Å²) in [4.78, 5) is 20.1. The smallest absolute Gasteiger partial charge is 0.338 e. The largest absolute Gasteiger partial charge is 0.478 e. The zero-order chi connectivity index (χ0) is 20.8. The third-order valence-electron chi connectivity index (χ3n) is 4.46. The van der Waals surface area contributed by atoms with Crippen LogP contribution in [0, 0.1) is 27.7 Å². The summed E-state index contributed by atoms with van der Waals surface area (Å²) in [5, 5.41) is 13.4. The van der Waals surface area contributed by atoms with E-state index in [1.807, 2.05) is 0 Å². The Balaban J connectivity index is 2.25. The van der Waals surface area contributed by atoms with Crippen LogP contribution in [0.4, 0.5) is 5.69 Å². The van der Waals surface area contributed by atoms with E-state index >= 15 is 0 Å². The molecule has 0 aliphatic rings. The first-order valence-corrected chi connectivity index (χ1v) is 10.1. The number of anilines is 1. The van der Waals surface area contributed by atoms with Gasteiger partial charge < -0.3 is 5.11 Å². The number of aromatic carboxylic acids is 1. The van der Waals surface area contributed by atoms with Crippen molar-refractivity contribution in [3.05, 3.63) is 46.3 Å². The lowest BCUT2D eigenvalue weighted by atomic mass is 10.0. The number of hydrogen-bond acceptors (Lipinski definition) is 6. The van der Waals surface area contributed by atoms with Crippen molar-refractivity contribution in [2.24, 2.45) is 0 Å². The molecule has 0 fully saturated rings. The van der Waals surface area contributed by atoms with Crippen LogP contribution in [0.3, 0.4) is 0 Å². The minimum atomic E-state index is -4.20. The lowest BCUT2D eigenvalue weighted by Gasteiger charge is -2.25. The molecule has 0 saturated carbocycles. The van der Waals surface area contributed by atoms with Crippen LogP contribution in [0.15, 0.2) is 23.4 Å². The highest BCUT2D eigenvalue weighted by Crippen LogP contribution is 2.32. The van der Waals surface area contributed by atoms with Crippen LogP contribution >= 0.6 is 0 Å². The van der Waals surface area contributed by atoms with Crippen molar-refractivity contribution in [1.82, 2.24) is 19.6 Å². The molecule has 9 nitrogen and oxygen atoms in total. The molecule has 0 amide bonds. The molecule has 2 aromatic heterocycles. The van der Waals surface area contributed by atoms with E-state index in [9.17, 15) is 18.3 Å². The highest BCUT2D eigenvalue weighted by Gasteiger charge is 2.33. The van der Waals surface area contributed by atoms with Gasteiger partial charge in [0.25, 0.3) is 10.9 Å². The first-order valence-electron chi connectivity index (χ1n) is 8.65. The SMILES string of the molecule is CCN(c1c(C)ccc(C)c1C(=O)O)S(=O)(=O)c1nc2nc(C)cc(C)n2n1. The van der Waals surface area contributed by atoms with Gasteiger partial charge in [-0.05, 0) is 51.8 Å². The minimum Gasteiger partial charge on any atom is -0.478 e. The maximum Gasteiger partial charge on any atom is 0.338 e. The normalized spacial score (nSPS) is 11.8. The predicted octanol–water partition coefficient (Wildman–Crippen LogP) is 2.27. The summed E-state index contributed by atoms with van der Waals surface area (Å²) in [5.74, 6) is -1.02. The van der Waals surface area contributed by atoms with Gasteiger partial charge in [0, 0.05) is 17.9 Å². The number of aryl methyl sites for hydroxylation is 4. The van der Waals surface area contributed by atoms with Crippen LogP contribution in [-0.4, -0.2) is 45.6 Å². The third kappa shape index (κ3) is 3.09. The standard InChI is InChI=1S/C18H21N5O4S/c1-6-22(15-11(3)8-7-10(2)14(15)16(24)25)28(26,27)18-20-17-19-12(4)9-13(5)23(17)21-18/h7-9H,6H2,1-5H3,(H,24,25). The van der Waals surface area contributed by atoms with E-state index in [4.69, 9.17) is 0 Å². The maximum absolute atomic E-state index is 13.3. The van der Waals surface area contributed by atoms with Crippen LogP contribution in [0.5, 0.6) is 0 Å². The van der Waals surface area contributed by atoms with Crippen molar-refractivity contribution in [2.75, 3.05) is 10.8 Å². The van der Waals surface area contributed by atoms with Crippen LogP contribution in [0.1, 0.15) is 39.8 Å². The van der Waals surface area contributed by atoms with Gasteiger partial charge in [-0.15, -0.1) is 5.10 Å². The van der Waals surface area contributed by atoms with E-state index < -0.39 is 21.1 Å². The highest BCUT2D eigenvalue weighted by molar-refractivity contribution is 7.92. The number of nitrogens with zero attached hydrogens (tertiary/aromatic N) is 5. The molecule has 3 aromatic rings. The summed E-state index contributed by atoms with van der Waals surface area (Å²) in [6.07, 6.45) is 0. The Hall–Kier alpha value is -3.01. The van der Waals surface area contributed by atoms with Crippen molar-refractivity contribution >= 4 is 27.5 Å². The van der Waals surface area contributed by atoms with E-state index in [-0.39, 0.29) is 23.6 Å². The Morgan fingerprint density at radius 2 is 1.79 bits per heavy atom. The minimum absolute atomic E-state index is 0.0217. The topological polar surface area (TPSA) is 118 Å². The Bertz CT molecular complexity index is 1200. The molecule has 1 N–H and O–H groups in total. The lowest BCUT2D eigenvalue weighted by Crippen LogP contribution is -2.34. The Labute approximate surface area is 162 Å². The fourth-order valence-corrected chi connectivity index (χ4v) is 4.59. The highest BCUT2D eigenvalue weighted by atomic mass is 32.2.